The van der Waals surface area contributed by atoms with Gasteiger partial charge in [0.05, 0.1) is 11.5 Å². The highest BCUT2D eigenvalue weighted by molar-refractivity contribution is 7.91. The molecule has 5 nitrogen and oxygen atoms in total. The number of hydrogen-bond acceptors (Lipinski definition) is 4. The molecular formula is C11H20N2O3S. The van der Waals surface area contributed by atoms with Gasteiger partial charge in [-0.2, -0.15) is 0 Å². The van der Waals surface area contributed by atoms with Crippen LogP contribution in [0, 0.1) is 5.92 Å². The minimum absolute atomic E-state index is 0.0600. The first-order chi connectivity index (χ1) is 7.96. The molecule has 17 heavy (non-hydrogen) atoms. The second-order valence-electron chi connectivity index (χ2n) is 5.23. The molecule has 98 valence electrons. The number of rotatable bonds is 4. The minimum Gasteiger partial charge on any atom is -0.352 e. The predicted molar refractivity (Wildman–Crippen MR) is 65.1 cm³/mol. The van der Waals surface area contributed by atoms with Crippen molar-refractivity contribution in [2.24, 2.45) is 11.7 Å². The Morgan fingerprint density at radius 1 is 1.35 bits per heavy atom. The summed E-state index contributed by atoms with van der Waals surface area (Å²) in [7, 11) is -2.96. The van der Waals surface area contributed by atoms with Crippen molar-refractivity contribution in [3.8, 4) is 0 Å². The first kappa shape index (κ1) is 12.8. The fourth-order valence-electron chi connectivity index (χ4n) is 2.33. The molecule has 0 spiro atoms. The summed E-state index contributed by atoms with van der Waals surface area (Å²) >= 11 is 0. The van der Waals surface area contributed by atoms with Gasteiger partial charge in [-0.05, 0) is 31.6 Å². The third-order valence-electron chi connectivity index (χ3n) is 3.48. The average molecular weight is 260 g/mol. The molecule has 0 radical (unpaired) electrons. The predicted octanol–water partition coefficient (Wildman–Crippen LogP) is -0.193. The Balaban J connectivity index is 1.77. The van der Waals surface area contributed by atoms with Crippen LogP contribution in [0.1, 0.15) is 32.1 Å². The molecule has 1 saturated carbocycles. The molecule has 0 aromatic heterocycles. The second-order valence-corrected chi connectivity index (χ2v) is 7.46. The molecule has 6 heteroatoms. The van der Waals surface area contributed by atoms with Crippen LogP contribution >= 0.6 is 0 Å². The summed E-state index contributed by atoms with van der Waals surface area (Å²) in [5, 5.41) is 2.79. The number of nitrogens with two attached hydrogens (primary N) is 1. The molecule has 2 fully saturated rings. The molecule has 2 atom stereocenters. The zero-order valence-electron chi connectivity index (χ0n) is 9.89. The Bertz CT molecular complexity index is 390. The van der Waals surface area contributed by atoms with Crippen molar-refractivity contribution in [3.63, 3.8) is 0 Å². The number of amides is 1. The molecule has 1 aliphatic heterocycles. The summed E-state index contributed by atoms with van der Waals surface area (Å²) < 4.78 is 22.8. The lowest BCUT2D eigenvalue weighted by molar-refractivity contribution is -0.122. The number of hydrogen-bond donors (Lipinski definition) is 2. The topological polar surface area (TPSA) is 89.3 Å². The van der Waals surface area contributed by atoms with Gasteiger partial charge in [-0.15, -0.1) is 0 Å². The van der Waals surface area contributed by atoms with Crippen molar-refractivity contribution in [3.05, 3.63) is 0 Å². The summed E-state index contributed by atoms with van der Waals surface area (Å²) in [6.45, 7) is 0. The van der Waals surface area contributed by atoms with Crippen molar-refractivity contribution in [2.75, 3.05) is 11.5 Å². The summed E-state index contributed by atoms with van der Waals surface area (Å²) in [6, 6.07) is -0.275. The fraction of sp³-hybridized carbons (Fsp3) is 0.909. The van der Waals surface area contributed by atoms with Gasteiger partial charge in [0.15, 0.2) is 9.84 Å². The Morgan fingerprint density at radius 3 is 2.65 bits per heavy atom. The quantitative estimate of drug-likeness (QED) is 0.733. The van der Waals surface area contributed by atoms with E-state index in [1.54, 1.807) is 0 Å². The van der Waals surface area contributed by atoms with Gasteiger partial charge in [0.25, 0.3) is 0 Å². The molecule has 1 amide bonds. The lowest BCUT2D eigenvalue weighted by Gasteiger charge is -2.23. The highest BCUT2D eigenvalue weighted by atomic mass is 32.2. The van der Waals surface area contributed by atoms with Crippen LogP contribution in [0.5, 0.6) is 0 Å². The lowest BCUT2D eigenvalue weighted by atomic mass is 10.1. The summed E-state index contributed by atoms with van der Waals surface area (Å²) in [6.07, 6.45) is 3.95. The standard InChI is InChI=1S/C11H20N2O3S/c12-10(8-3-4-8)6-11(14)13-9-2-1-5-17(15,16)7-9/h8-10H,1-7,12H2,(H,13,14). The lowest BCUT2D eigenvalue weighted by Crippen LogP contribution is -2.44. The highest BCUT2D eigenvalue weighted by Gasteiger charge is 2.31. The van der Waals surface area contributed by atoms with Gasteiger partial charge in [0.2, 0.25) is 5.91 Å². The third kappa shape index (κ3) is 3.96. The maximum absolute atomic E-state index is 11.7. The van der Waals surface area contributed by atoms with E-state index in [4.69, 9.17) is 5.73 Å². The van der Waals surface area contributed by atoms with Crippen molar-refractivity contribution >= 4 is 15.7 Å². The molecule has 2 rings (SSSR count). The molecule has 0 aromatic carbocycles. The van der Waals surface area contributed by atoms with Gasteiger partial charge in [-0.25, -0.2) is 8.42 Å². The normalized spacial score (nSPS) is 29.6. The molecule has 2 aliphatic rings. The molecule has 2 unspecified atom stereocenters. The van der Waals surface area contributed by atoms with E-state index in [2.05, 4.69) is 5.32 Å². The van der Waals surface area contributed by atoms with E-state index in [0.29, 0.717) is 18.8 Å². The fourth-order valence-corrected chi connectivity index (χ4v) is 3.96. The van der Waals surface area contributed by atoms with E-state index >= 15 is 0 Å². The number of sulfone groups is 1. The largest absolute Gasteiger partial charge is 0.352 e. The number of carbonyl (C=O) groups is 1. The molecule has 1 saturated heterocycles. The van der Waals surface area contributed by atoms with E-state index in [9.17, 15) is 13.2 Å². The van der Waals surface area contributed by atoms with Gasteiger partial charge in [0.1, 0.15) is 0 Å². The minimum atomic E-state index is -2.96. The third-order valence-corrected chi connectivity index (χ3v) is 5.30. The Labute approximate surface area is 102 Å². The molecule has 0 bridgehead atoms. The molecule has 3 N–H and O–H groups in total. The van der Waals surface area contributed by atoms with Crippen LogP contribution in [0.15, 0.2) is 0 Å². The summed E-state index contributed by atoms with van der Waals surface area (Å²) in [4.78, 5) is 11.7. The van der Waals surface area contributed by atoms with Crippen molar-refractivity contribution in [1.29, 1.82) is 0 Å². The zero-order valence-corrected chi connectivity index (χ0v) is 10.7. The van der Waals surface area contributed by atoms with Gasteiger partial charge in [-0.3, -0.25) is 4.79 Å². The van der Waals surface area contributed by atoms with Crippen LogP contribution in [0.4, 0.5) is 0 Å². The van der Waals surface area contributed by atoms with Gasteiger partial charge in [0, 0.05) is 18.5 Å². The van der Waals surface area contributed by atoms with E-state index in [0.717, 1.165) is 19.3 Å². The number of carbonyl (C=O) groups excluding carboxylic acids is 1. The van der Waals surface area contributed by atoms with E-state index < -0.39 is 9.84 Å². The van der Waals surface area contributed by atoms with Crippen molar-refractivity contribution in [2.45, 2.75) is 44.2 Å². The smallest absolute Gasteiger partial charge is 0.221 e. The maximum atomic E-state index is 11.7. The first-order valence-electron chi connectivity index (χ1n) is 6.21. The molecular weight excluding hydrogens is 240 g/mol. The Kier molecular flexibility index (Phi) is 3.73. The van der Waals surface area contributed by atoms with E-state index in [1.165, 1.54) is 0 Å². The number of nitrogens with one attached hydrogen (secondary N) is 1. The van der Waals surface area contributed by atoms with Crippen LogP contribution in [0.2, 0.25) is 0 Å². The van der Waals surface area contributed by atoms with Gasteiger partial charge in [-0.1, -0.05) is 0 Å². The van der Waals surface area contributed by atoms with Gasteiger partial charge >= 0.3 is 0 Å². The van der Waals surface area contributed by atoms with Crippen molar-refractivity contribution < 1.29 is 13.2 Å². The van der Waals surface area contributed by atoms with Crippen molar-refractivity contribution in [1.82, 2.24) is 5.32 Å². The van der Waals surface area contributed by atoms with Crippen LogP contribution in [-0.4, -0.2) is 37.9 Å². The SMILES string of the molecule is NC(CC(=O)NC1CCCS(=O)(=O)C1)C1CC1. The monoisotopic (exact) mass is 260 g/mol. The van der Waals surface area contributed by atoms with Crippen LogP contribution in [0.25, 0.3) is 0 Å². The van der Waals surface area contributed by atoms with Crippen LogP contribution < -0.4 is 11.1 Å². The Hall–Kier alpha value is -0.620. The van der Waals surface area contributed by atoms with E-state index in [-0.39, 0.29) is 29.5 Å². The highest BCUT2D eigenvalue weighted by Crippen LogP contribution is 2.32. The zero-order chi connectivity index (χ0) is 12.5. The second kappa shape index (κ2) is 4.94. The van der Waals surface area contributed by atoms with Gasteiger partial charge < -0.3 is 11.1 Å². The van der Waals surface area contributed by atoms with E-state index in [1.807, 2.05) is 0 Å². The summed E-state index contributed by atoms with van der Waals surface area (Å²) in [5.41, 5.74) is 5.86. The first-order valence-corrected chi connectivity index (χ1v) is 8.04. The van der Waals surface area contributed by atoms with Crippen LogP contribution in [0.3, 0.4) is 0 Å². The maximum Gasteiger partial charge on any atom is 0.221 e. The molecule has 1 aliphatic carbocycles. The summed E-state index contributed by atoms with van der Waals surface area (Å²) in [5.74, 6) is 0.723. The molecule has 1 heterocycles. The van der Waals surface area contributed by atoms with Crippen LogP contribution in [-0.2, 0) is 14.6 Å². The molecule has 0 aromatic rings. The Morgan fingerprint density at radius 2 is 2.06 bits per heavy atom. The average Bonchev–Trinajstić information content (AvgIpc) is 2.97.